The molecule has 0 fully saturated rings. The van der Waals surface area contributed by atoms with Crippen molar-refractivity contribution in [3.8, 4) is 0 Å². The van der Waals surface area contributed by atoms with Crippen LogP contribution in [0.4, 0.5) is 5.82 Å². The van der Waals surface area contributed by atoms with Gasteiger partial charge in [-0.3, -0.25) is 0 Å². The SMILES string of the molecule is Cc1nc(CN(C)c2ccc(CN)cn2)cs1. The smallest absolute Gasteiger partial charge is 0.128 e. The van der Waals surface area contributed by atoms with Crippen molar-refractivity contribution in [2.24, 2.45) is 5.73 Å². The highest BCUT2D eigenvalue weighted by Gasteiger charge is 2.05. The number of nitrogens with two attached hydrogens (primary N) is 1. The Hall–Kier alpha value is -1.46. The minimum absolute atomic E-state index is 0.530. The molecule has 0 unspecified atom stereocenters. The zero-order valence-electron chi connectivity index (χ0n) is 10.1. The fourth-order valence-corrected chi connectivity index (χ4v) is 2.17. The van der Waals surface area contributed by atoms with Crippen LogP contribution in [0.1, 0.15) is 16.3 Å². The first-order valence-corrected chi connectivity index (χ1v) is 6.34. The zero-order chi connectivity index (χ0) is 12.3. The molecule has 2 rings (SSSR count). The Balaban J connectivity index is 2.06. The van der Waals surface area contributed by atoms with E-state index in [0.29, 0.717) is 6.54 Å². The van der Waals surface area contributed by atoms with Crippen molar-refractivity contribution >= 4 is 17.2 Å². The number of nitrogens with zero attached hydrogens (tertiary/aromatic N) is 3. The molecule has 2 aromatic rings. The van der Waals surface area contributed by atoms with Crippen LogP contribution in [0.2, 0.25) is 0 Å². The summed E-state index contributed by atoms with van der Waals surface area (Å²) in [5.74, 6) is 0.938. The molecule has 0 atom stereocenters. The van der Waals surface area contributed by atoms with E-state index in [4.69, 9.17) is 5.73 Å². The molecule has 90 valence electrons. The molecule has 2 N–H and O–H groups in total. The number of pyridine rings is 1. The number of anilines is 1. The molecular formula is C12H16N4S. The predicted molar refractivity (Wildman–Crippen MR) is 71.1 cm³/mol. The van der Waals surface area contributed by atoms with Gasteiger partial charge in [0.2, 0.25) is 0 Å². The van der Waals surface area contributed by atoms with Crippen LogP contribution in [-0.2, 0) is 13.1 Å². The van der Waals surface area contributed by atoms with Crippen molar-refractivity contribution in [2.75, 3.05) is 11.9 Å². The van der Waals surface area contributed by atoms with Gasteiger partial charge < -0.3 is 10.6 Å². The summed E-state index contributed by atoms with van der Waals surface area (Å²) in [6.07, 6.45) is 1.82. The molecule has 0 aliphatic heterocycles. The van der Waals surface area contributed by atoms with Crippen molar-refractivity contribution in [1.82, 2.24) is 9.97 Å². The topological polar surface area (TPSA) is 55.0 Å². The second kappa shape index (κ2) is 5.25. The van der Waals surface area contributed by atoms with Crippen LogP contribution in [-0.4, -0.2) is 17.0 Å². The quantitative estimate of drug-likeness (QED) is 0.898. The van der Waals surface area contributed by atoms with Gasteiger partial charge in [-0.05, 0) is 18.6 Å². The molecule has 0 radical (unpaired) electrons. The van der Waals surface area contributed by atoms with E-state index < -0.39 is 0 Å². The van der Waals surface area contributed by atoms with Gasteiger partial charge in [0.1, 0.15) is 5.82 Å². The van der Waals surface area contributed by atoms with Crippen molar-refractivity contribution < 1.29 is 0 Å². The van der Waals surface area contributed by atoms with Crippen LogP contribution in [0.15, 0.2) is 23.7 Å². The van der Waals surface area contributed by atoms with Crippen molar-refractivity contribution in [3.05, 3.63) is 40.0 Å². The number of aryl methyl sites for hydroxylation is 1. The third kappa shape index (κ3) is 3.01. The average Bonchev–Trinajstić information content (AvgIpc) is 2.75. The first-order valence-electron chi connectivity index (χ1n) is 5.46. The molecule has 0 bridgehead atoms. The molecule has 0 aliphatic carbocycles. The van der Waals surface area contributed by atoms with E-state index >= 15 is 0 Å². The maximum absolute atomic E-state index is 5.54. The maximum Gasteiger partial charge on any atom is 0.128 e. The molecule has 0 aromatic carbocycles. The van der Waals surface area contributed by atoms with Crippen molar-refractivity contribution in [2.45, 2.75) is 20.0 Å². The Labute approximate surface area is 105 Å². The summed E-state index contributed by atoms with van der Waals surface area (Å²) in [6.45, 7) is 3.32. The van der Waals surface area contributed by atoms with Crippen LogP contribution < -0.4 is 10.6 Å². The summed E-state index contributed by atoms with van der Waals surface area (Å²) in [4.78, 5) is 10.9. The van der Waals surface area contributed by atoms with Crippen molar-refractivity contribution in [3.63, 3.8) is 0 Å². The molecule has 0 aliphatic rings. The van der Waals surface area contributed by atoms with Gasteiger partial charge in [-0.15, -0.1) is 11.3 Å². The highest BCUT2D eigenvalue weighted by atomic mass is 32.1. The van der Waals surface area contributed by atoms with Gasteiger partial charge in [0.05, 0.1) is 17.2 Å². The number of hydrogen-bond acceptors (Lipinski definition) is 5. The van der Waals surface area contributed by atoms with E-state index in [0.717, 1.165) is 28.6 Å². The number of hydrogen-bond donors (Lipinski definition) is 1. The molecule has 0 amide bonds. The Kier molecular flexibility index (Phi) is 3.71. The normalized spacial score (nSPS) is 10.5. The molecule has 5 heteroatoms. The molecule has 4 nitrogen and oxygen atoms in total. The summed E-state index contributed by atoms with van der Waals surface area (Å²) in [6, 6.07) is 3.99. The Morgan fingerprint density at radius 1 is 1.41 bits per heavy atom. The van der Waals surface area contributed by atoms with Gasteiger partial charge in [-0.2, -0.15) is 0 Å². The highest BCUT2D eigenvalue weighted by Crippen LogP contribution is 2.14. The lowest BCUT2D eigenvalue weighted by atomic mass is 10.3. The Bertz CT molecular complexity index is 478. The summed E-state index contributed by atoms with van der Waals surface area (Å²) in [5.41, 5.74) is 7.67. The van der Waals surface area contributed by atoms with Gasteiger partial charge >= 0.3 is 0 Å². The molecule has 0 saturated carbocycles. The number of aromatic nitrogens is 2. The third-order valence-electron chi connectivity index (χ3n) is 2.50. The van der Waals surface area contributed by atoms with Gasteiger partial charge in [0, 0.05) is 25.2 Å². The number of thiazole rings is 1. The summed E-state index contributed by atoms with van der Waals surface area (Å²) in [5, 5.41) is 3.18. The standard InChI is InChI=1S/C12H16N4S/c1-9-15-11(8-17-9)7-16(2)12-4-3-10(5-13)6-14-12/h3-4,6,8H,5,7,13H2,1-2H3. The zero-order valence-corrected chi connectivity index (χ0v) is 10.9. The first kappa shape index (κ1) is 12.0. The predicted octanol–water partition coefficient (Wildman–Crippen LogP) is 1.94. The minimum Gasteiger partial charge on any atom is -0.354 e. The van der Waals surface area contributed by atoms with Gasteiger partial charge in [0.15, 0.2) is 0 Å². The largest absolute Gasteiger partial charge is 0.354 e. The van der Waals surface area contributed by atoms with E-state index in [1.807, 2.05) is 32.3 Å². The lowest BCUT2D eigenvalue weighted by Crippen LogP contribution is -2.18. The molecule has 0 spiro atoms. The lowest BCUT2D eigenvalue weighted by Gasteiger charge is -2.16. The molecule has 2 heterocycles. The minimum atomic E-state index is 0.530. The molecule has 2 aromatic heterocycles. The van der Waals surface area contributed by atoms with Crippen LogP contribution in [0, 0.1) is 6.92 Å². The van der Waals surface area contributed by atoms with E-state index in [-0.39, 0.29) is 0 Å². The Morgan fingerprint density at radius 2 is 2.24 bits per heavy atom. The van der Waals surface area contributed by atoms with Crippen LogP contribution in [0.25, 0.3) is 0 Å². The van der Waals surface area contributed by atoms with E-state index in [1.165, 1.54) is 0 Å². The van der Waals surface area contributed by atoms with Crippen LogP contribution in [0.3, 0.4) is 0 Å². The van der Waals surface area contributed by atoms with E-state index in [1.54, 1.807) is 11.3 Å². The van der Waals surface area contributed by atoms with Crippen LogP contribution >= 0.6 is 11.3 Å². The fraction of sp³-hybridized carbons (Fsp3) is 0.333. The second-order valence-electron chi connectivity index (χ2n) is 3.94. The maximum atomic E-state index is 5.54. The summed E-state index contributed by atoms with van der Waals surface area (Å²) in [7, 11) is 2.01. The van der Waals surface area contributed by atoms with Crippen molar-refractivity contribution in [1.29, 1.82) is 0 Å². The monoisotopic (exact) mass is 248 g/mol. The summed E-state index contributed by atoms with van der Waals surface area (Å²) >= 11 is 1.67. The highest BCUT2D eigenvalue weighted by molar-refractivity contribution is 7.09. The lowest BCUT2D eigenvalue weighted by molar-refractivity contribution is 0.867. The van der Waals surface area contributed by atoms with E-state index in [2.05, 4.69) is 20.2 Å². The molecule has 0 saturated heterocycles. The summed E-state index contributed by atoms with van der Waals surface area (Å²) < 4.78 is 0. The van der Waals surface area contributed by atoms with Crippen LogP contribution in [0.5, 0.6) is 0 Å². The van der Waals surface area contributed by atoms with Gasteiger partial charge in [-0.25, -0.2) is 9.97 Å². The number of rotatable bonds is 4. The van der Waals surface area contributed by atoms with E-state index in [9.17, 15) is 0 Å². The van der Waals surface area contributed by atoms with Gasteiger partial charge in [0.25, 0.3) is 0 Å². The second-order valence-corrected chi connectivity index (χ2v) is 5.00. The third-order valence-corrected chi connectivity index (χ3v) is 3.32. The van der Waals surface area contributed by atoms with Gasteiger partial charge in [-0.1, -0.05) is 6.07 Å². The molecular weight excluding hydrogens is 232 g/mol. The average molecular weight is 248 g/mol. The first-order chi connectivity index (χ1) is 8.19. The Morgan fingerprint density at radius 3 is 2.76 bits per heavy atom. The fourth-order valence-electron chi connectivity index (χ4n) is 1.57. The molecule has 17 heavy (non-hydrogen) atoms.